The first kappa shape index (κ1) is 65.9. The summed E-state index contributed by atoms with van der Waals surface area (Å²) in [7, 11) is 0. The van der Waals surface area contributed by atoms with Crippen LogP contribution in [0.4, 0.5) is 0 Å². The Kier molecular flexibility index (Phi) is 34.4. The third kappa shape index (κ3) is 33.5. The Bertz CT molecular complexity index is 1940. The molecule has 0 saturated carbocycles. The molecule has 0 spiro atoms. The Balaban J connectivity index is 7.08. The molecule has 32 N–H and O–H groups in total. The van der Waals surface area contributed by atoms with E-state index in [1.807, 2.05) is 6.92 Å². The van der Waals surface area contributed by atoms with E-state index in [-0.39, 0.29) is 164 Å². The molecular formula is C42H85N25O7. The van der Waals surface area contributed by atoms with Crippen molar-refractivity contribution < 1.29 is 33.6 Å². The van der Waals surface area contributed by atoms with Crippen molar-refractivity contribution in [1.82, 2.24) is 31.9 Å². The quantitative estimate of drug-likeness (QED) is 0.0154. The minimum absolute atomic E-state index is 0.0267. The van der Waals surface area contributed by atoms with Gasteiger partial charge in [0.1, 0.15) is 36.3 Å². The summed E-state index contributed by atoms with van der Waals surface area (Å²) in [5.74, 6) is -6.52. The van der Waals surface area contributed by atoms with Gasteiger partial charge in [-0.1, -0.05) is 19.8 Å². The lowest BCUT2D eigenvalue weighted by Gasteiger charge is -2.27. The average Bonchev–Trinajstić information content (AvgIpc) is 3.31. The molecule has 420 valence electrons. The van der Waals surface area contributed by atoms with Gasteiger partial charge in [-0.2, -0.15) is 0 Å². The lowest BCUT2D eigenvalue weighted by molar-refractivity contribution is -0.135. The van der Waals surface area contributed by atoms with Gasteiger partial charge in [0.2, 0.25) is 41.4 Å². The van der Waals surface area contributed by atoms with Crippen molar-refractivity contribution in [2.75, 3.05) is 39.3 Å². The lowest BCUT2D eigenvalue weighted by atomic mass is 10.0. The number of carbonyl (C=O) groups is 7. The molecule has 0 bridgehead atoms. The molecule has 0 fully saturated rings. The summed E-state index contributed by atoms with van der Waals surface area (Å²) in [4.78, 5) is 120. The minimum atomic E-state index is -1.40. The average molecular weight is 1050 g/mol. The first-order valence-electron chi connectivity index (χ1n) is 24.4. The van der Waals surface area contributed by atoms with Gasteiger partial charge in [0.15, 0.2) is 35.8 Å². The maximum Gasteiger partial charge on any atom is 0.243 e. The van der Waals surface area contributed by atoms with E-state index in [1.54, 1.807) is 0 Å². The fourth-order valence-corrected chi connectivity index (χ4v) is 6.81. The molecule has 7 amide bonds. The smallest absolute Gasteiger partial charge is 0.243 e. The summed E-state index contributed by atoms with van der Waals surface area (Å²) in [5, 5.41) is 16.0. The summed E-state index contributed by atoms with van der Waals surface area (Å²) in [6.45, 7) is 2.44. The standard InChI is InChI=1S/C42H85N25O7/c1-2-3-4-17-30(68)62-25(12-6-19-57-38(46)47)32(70)64-27(14-8-21-59-40(50)51)34(72)66-29(16-10-23-61-42(54)55)36(74)67-28(15-9-22-60-41(52)53)35(73)65-26(13-7-20-58-39(48)49)33(71)63-24(31(43)69)11-5-18-56-37(44)45/h24-29H,2-23H2,1H3,(H2,43,69)(H,62,68)(H,63,71)(H,64,70)(H,65,73)(H,66,72)(H,67,74)(H4,44,45,56)(H4,46,47,57)(H4,48,49,58)(H4,50,51,59)(H4,52,53,60)(H4,54,55,61)/t24-,25-,26-,27-,28-,29-/m1/s1. The third-order valence-electron chi connectivity index (χ3n) is 10.5. The molecular weight excluding hydrogens is 967 g/mol. The second-order valence-electron chi connectivity index (χ2n) is 17.0. The predicted molar refractivity (Wildman–Crippen MR) is 284 cm³/mol. The SMILES string of the molecule is CCCCCC(=O)N[C@H](CCCN=C(N)N)C(=O)N[C@H](CCCN=C(N)N)C(=O)N[C@H](CCCN=C(N)N)C(=O)N[C@H](CCCN=C(N)N)C(=O)N[C@H](CCCN=C(N)N)C(=O)N[C@H](CCCN=C(N)N)C(N)=O. The Hall–Kier alpha value is -8.09. The molecule has 0 aromatic heterocycles. The van der Waals surface area contributed by atoms with E-state index < -0.39 is 71.7 Å². The summed E-state index contributed by atoms with van der Waals surface area (Å²) >= 11 is 0. The van der Waals surface area contributed by atoms with E-state index in [0.717, 1.165) is 12.8 Å². The second kappa shape index (κ2) is 38.6. The minimum Gasteiger partial charge on any atom is -0.370 e. The van der Waals surface area contributed by atoms with Gasteiger partial charge < -0.3 is 106 Å². The lowest BCUT2D eigenvalue weighted by Crippen LogP contribution is -2.59. The van der Waals surface area contributed by atoms with E-state index >= 15 is 0 Å². The molecule has 0 saturated heterocycles. The number of hydrogen-bond acceptors (Lipinski definition) is 13. The molecule has 0 aliphatic rings. The number of guanidine groups is 6. The highest BCUT2D eigenvalue weighted by Gasteiger charge is 2.33. The fraction of sp³-hybridized carbons (Fsp3) is 0.690. The number of amides is 7. The molecule has 0 aromatic rings. The fourth-order valence-electron chi connectivity index (χ4n) is 6.81. The van der Waals surface area contributed by atoms with Crippen LogP contribution in [0.2, 0.25) is 0 Å². The summed E-state index contributed by atoms with van der Waals surface area (Å²) < 4.78 is 0. The van der Waals surface area contributed by atoms with Crippen LogP contribution in [0.1, 0.15) is 110 Å². The molecule has 0 aromatic carbocycles. The second-order valence-corrected chi connectivity index (χ2v) is 17.0. The van der Waals surface area contributed by atoms with Crippen LogP contribution in [0.3, 0.4) is 0 Å². The highest BCUT2D eigenvalue weighted by molar-refractivity contribution is 5.97. The zero-order valence-electron chi connectivity index (χ0n) is 42.6. The van der Waals surface area contributed by atoms with Crippen LogP contribution in [0.5, 0.6) is 0 Å². The van der Waals surface area contributed by atoms with E-state index in [1.165, 1.54) is 0 Å². The highest BCUT2D eigenvalue weighted by Crippen LogP contribution is 2.10. The summed E-state index contributed by atoms with van der Waals surface area (Å²) in [6, 6.07) is -7.76. The van der Waals surface area contributed by atoms with Crippen molar-refractivity contribution in [3.8, 4) is 0 Å². The van der Waals surface area contributed by atoms with Crippen LogP contribution >= 0.6 is 0 Å². The molecule has 0 radical (unpaired) electrons. The monoisotopic (exact) mass is 1050 g/mol. The van der Waals surface area contributed by atoms with Gasteiger partial charge in [-0.05, 0) is 83.5 Å². The zero-order valence-corrected chi connectivity index (χ0v) is 42.6. The van der Waals surface area contributed by atoms with Crippen molar-refractivity contribution in [1.29, 1.82) is 0 Å². The van der Waals surface area contributed by atoms with E-state index in [2.05, 4.69) is 61.9 Å². The maximum atomic E-state index is 14.4. The summed E-state index contributed by atoms with van der Waals surface area (Å²) in [5.41, 5.74) is 71.4. The normalized spacial score (nSPS) is 13.0. The number of carbonyl (C=O) groups excluding carboxylic acids is 7. The number of nitrogens with zero attached hydrogens (tertiary/aromatic N) is 6. The van der Waals surface area contributed by atoms with Gasteiger partial charge in [-0.3, -0.25) is 63.5 Å². The molecule has 0 aliphatic heterocycles. The predicted octanol–water partition coefficient (Wildman–Crippen LogP) is -7.72. The number of nitrogens with one attached hydrogen (secondary N) is 6. The van der Waals surface area contributed by atoms with Gasteiger partial charge in [0.25, 0.3) is 0 Å². The Morgan fingerprint density at radius 1 is 0.311 bits per heavy atom. The largest absolute Gasteiger partial charge is 0.370 e. The first-order valence-corrected chi connectivity index (χ1v) is 24.4. The van der Waals surface area contributed by atoms with Crippen molar-refractivity contribution in [2.24, 2.45) is 104 Å². The maximum absolute atomic E-state index is 14.4. The van der Waals surface area contributed by atoms with Crippen LogP contribution < -0.4 is 106 Å². The van der Waals surface area contributed by atoms with Crippen LogP contribution in [0.15, 0.2) is 30.0 Å². The van der Waals surface area contributed by atoms with E-state index in [4.69, 9.17) is 74.5 Å². The molecule has 0 aliphatic carbocycles. The van der Waals surface area contributed by atoms with Gasteiger partial charge in [-0.15, -0.1) is 0 Å². The number of aliphatic imine (C=N–C) groups is 6. The Labute approximate surface area is 431 Å². The van der Waals surface area contributed by atoms with Crippen molar-refractivity contribution in [2.45, 2.75) is 146 Å². The number of primary amides is 1. The molecule has 6 atom stereocenters. The van der Waals surface area contributed by atoms with E-state index in [9.17, 15) is 33.6 Å². The molecule has 74 heavy (non-hydrogen) atoms. The van der Waals surface area contributed by atoms with Crippen LogP contribution in [-0.4, -0.2) is 153 Å². The van der Waals surface area contributed by atoms with Crippen LogP contribution in [-0.2, 0) is 33.6 Å². The highest BCUT2D eigenvalue weighted by atomic mass is 16.2. The molecule has 32 nitrogen and oxygen atoms in total. The number of unbranched alkanes of at least 4 members (excludes halogenated alkanes) is 2. The third-order valence-corrected chi connectivity index (χ3v) is 10.5. The van der Waals surface area contributed by atoms with Gasteiger partial charge in [0.05, 0.1) is 0 Å². The summed E-state index contributed by atoms with van der Waals surface area (Å²) in [6.07, 6.45) is 3.38. The number of hydrogen-bond donors (Lipinski definition) is 19. The topological polar surface area (TPSA) is 604 Å². The zero-order chi connectivity index (χ0) is 56.0. The number of nitrogens with two attached hydrogens (primary N) is 13. The van der Waals surface area contributed by atoms with Gasteiger partial charge in [0, 0.05) is 45.7 Å². The van der Waals surface area contributed by atoms with Gasteiger partial charge >= 0.3 is 0 Å². The van der Waals surface area contributed by atoms with Crippen molar-refractivity contribution >= 4 is 77.1 Å². The van der Waals surface area contributed by atoms with E-state index in [0.29, 0.717) is 6.42 Å². The number of rotatable bonds is 40. The van der Waals surface area contributed by atoms with Crippen molar-refractivity contribution in [3.05, 3.63) is 0 Å². The Morgan fingerprint density at radius 2 is 0.527 bits per heavy atom. The Morgan fingerprint density at radius 3 is 0.743 bits per heavy atom. The first-order chi connectivity index (χ1) is 35.0. The molecule has 0 unspecified atom stereocenters. The van der Waals surface area contributed by atoms with Crippen LogP contribution in [0, 0.1) is 0 Å². The molecule has 32 heteroatoms. The molecule has 0 heterocycles. The molecule has 0 rings (SSSR count). The van der Waals surface area contributed by atoms with Gasteiger partial charge in [-0.25, -0.2) is 0 Å². The van der Waals surface area contributed by atoms with Crippen LogP contribution in [0.25, 0.3) is 0 Å². The van der Waals surface area contributed by atoms with Crippen molar-refractivity contribution in [3.63, 3.8) is 0 Å².